The number of hydrogen-bond acceptors (Lipinski definition) is 3. The van der Waals surface area contributed by atoms with E-state index in [9.17, 15) is 0 Å². The fourth-order valence-electron chi connectivity index (χ4n) is 1.05. The number of halogens is 1. The molecule has 0 spiro atoms. The van der Waals surface area contributed by atoms with E-state index in [1.807, 2.05) is 18.2 Å². The van der Waals surface area contributed by atoms with Crippen LogP contribution in [-0.2, 0) is 0 Å². The quantitative estimate of drug-likeness (QED) is 0.701. The summed E-state index contributed by atoms with van der Waals surface area (Å²) in [5.74, 6) is 1.07. The Morgan fingerprint density at radius 1 is 1.31 bits per heavy atom. The summed E-state index contributed by atoms with van der Waals surface area (Å²) in [6.45, 7) is 1.74. The molecule has 1 heterocycles. The van der Waals surface area contributed by atoms with Crippen molar-refractivity contribution >= 4 is 11.6 Å². The second-order valence-corrected chi connectivity index (χ2v) is 3.02. The van der Waals surface area contributed by atoms with Crippen molar-refractivity contribution in [1.29, 1.82) is 0 Å². The first-order valence-corrected chi connectivity index (χ1v) is 4.20. The number of benzene rings is 1. The topological polar surface area (TPSA) is 38.9 Å². The molecule has 1 aromatic carbocycles. The lowest BCUT2D eigenvalue weighted by molar-refractivity contribution is 0.394. The van der Waals surface area contributed by atoms with Gasteiger partial charge in [0.1, 0.15) is 0 Å². The molecule has 4 heteroatoms. The standard InChI is InChI=1S/C9H7ClN2O/c1-6-11-9(12-13-6)7-4-2-3-5-8(7)10/h2-5H,1H3. The van der Waals surface area contributed by atoms with Gasteiger partial charge >= 0.3 is 0 Å². The molecule has 3 nitrogen and oxygen atoms in total. The lowest BCUT2D eigenvalue weighted by Gasteiger charge is -1.95. The Labute approximate surface area is 80.3 Å². The summed E-state index contributed by atoms with van der Waals surface area (Å²) in [7, 11) is 0. The van der Waals surface area contributed by atoms with Crippen LogP contribution in [0.1, 0.15) is 5.89 Å². The molecule has 0 fully saturated rings. The lowest BCUT2D eigenvalue weighted by atomic mass is 10.2. The van der Waals surface area contributed by atoms with Crippen LogP contribution < -0.4 is 0 Å². The molecule has 0 aliphatic heterocycles. The predicted molar refractivity (Wildman–Crippen MR) is 49.5 cm³/mol. The van der Waals surface area contributed by atoms with E-state index in [1.165, 1.54) is 0 Å². The number of nitrogens with zero attached hydrogens (tertiary/aromatic N) is 2. The van der Waals surface area contributed by atoms with Crippen molar-refractivity contribution in [2.75, 3.05) is 0 Å². The van der Waals surface area contributed by atoms with Gasteiger partial charge in [0.05, 0.1) is 5.02 Å². The van der Waals surface area contributed by atoms with Crippen LogP contribution in [0.5, 0.6) is 0 Å². The SMILES string of the molecule is Cc1nc(-c2ccccc2Cl)no1. The third-order valence-electron chi connectivity index (χ3n) is 1.64. The van der Waals surface area contributed by atoms with Gasteiger partial charge in [-0.2, -0.15) is 4.98 Å². The zero-order valence-corrected chi connectivity index (χ0v) is 7.75. The fourth-order valence-corrected chi connectivity index (χ4v) is 1.27. The molecular weight excluding hydrogens is 188 g/mol. The summed E-state index contributed by atoms with van der Waals surface area (Å²) >= 11 is 5.95. The van der Waals surface area contributed by atoms with Gasteiger partial charge in [-0.3, -0.25) is 0 Å². The van der Waals surface area contributed by atoms with Crippen molar-refractivity contribution < 1.29 is 4.52 Å². The van der Waals surface area contributed by atoms with E-state index in [1.54, 1.807) is 13.0 Å². The van der Waals surface area contributed by atoms with Gasteiger partial charge in [0.2, 0.25) is 11.7 Å². The molecular formula is C9H7ClN2O. The fraction of sp³-hybridized carbons (Fsp3) is 0.111. The molecule has 1 aromatic heterocycles. The molecule has 0 bridgehead atoms. The number of hydrogen-bond donors (Lipinski definition) is 0. The van der Waals surface area contributed by atoms with Crippen molar-refractivity contribution in [2.45, 2.75) is 6.92 Å². The Kier molecular flexibility index (Phi) is 2.02. The highest BCUT2D eigenvalue weighted by Gasteiger charge is 2.07. The Morgan fingerprint density at radius 2 is 2.08 bits per heavy atom. The number of aryl methyl sites for hydroxylation is 1. The van der Waals surface area contributed by atoms with Crippen LogP contribution in [0, 0.1) is 6.92 Å². The van der Waals surface area contributed by atoms with Crippen molar-refractivity contribution in [3.8, 4) is 11.4 Å². The molecule has 66 valence electrons. The van der Waals surface area contributed by atoms with Crippen LogP contribution in [0.15, 0.2) is 28.8 Å². The van der Waals surface area contributed by atoms with Gasteiger partial charge in [-0.05, 0) is 12.1 Å². The third kappa shape index (κ3) is 1.55. The molecule has 2 rings (SSSR count). The summed E-state index contributed by atoms with van der Waals surface area (Å²) in [5.41, 5.74) is 0.793. The molecule has 0 radical (unpaired) electrons. The van der Waals surface area contributed by atoms with Crippen LogP contribution in [0.4, 0.5) is 0 Å². The summed E-state index contributed by atoms with van der Waals surface area (Å²) < 4.78 is 4.85. The molecule has 2 aromatic rings. The first-order chi connectivity index (χ1) is 6.27. The summed E-state index contributed by atoms with van der Waals surface area (Å²) in [5, 5.41) is 4.40. The molecule has 0 atom stereocenters. The maximum absolute atomic E-state index is 5.95. The predicted octanol–water partition coefficient (Wildman–Crippen LogP) is 2.70. The van der Waals surface area contributed by atoms with Crippen LogP contribution in [0.3, 0.4) is 0 Å². The highest BCUT2D eigenvalue weighted by atomic mass is 35.5. The van der Waals surface area contributed by atoms with Crippen LogP contribution in [0.2, 0.25) is 5.02 Å². The molecule has 0 aliphatic rings. The molecule has 0 unspecified atom stereocenters. The highest BCUT2D eigenvalue weighted by Crippen LogP contribution is 2.24. The van der Waals surface area contributed by atoms with E-state index >= 15 is 0 Å². The molecule has 13 heavy (non-hydrogen) atoms. The monoisotopic (exact) mass is 194 g/mol. The molecule has 0 N–H and O–H groups in total. The molecule has 0 amide bonds. The molecule has 0 saturated heterocycles. The maximum atomic E-state index is 5.95. The third-order valence-corrected chi connectivity index (χ3v) is 1.97. The first-order valence-electron chi connectivity index (χ1n) is 3.82. The summed E-state index contributed by atoms with van der Waals surface area (Å²) in [6, 6.07) is 7.39. The smallest absolute Gasteiger partial charge is 0.223 e. The average molecular weight is 195 g/mol. The zero-order valence-electron chi connectivity index (χ0n) is 6.99. The largest absolute Gasteiger partial charge is 0.339 e. The number of aromatic nitrogens is 2. The van der Waals surface area contributed by atoms with E-state index < -0.39 is 0 Å². The number of rotatable bonds is 1. The van der Waals surface area contributed by atoms with Crippen LogP contribution in [0.25, 0.3) is 11.4 Å². The Balaban J connectivity index is 2.52. The Hall–Kier alpha value is -1.35. The van der Waals surface area contributed by atoms with Gasteiger partial charge in [0, 0.05) is 12.5 Å². The van der Waals surface area contributed by atoms with Crippen molar-refractivity contribution in [3.05, 3.63) is 35.2 Å². The highest BCUT2D eigenvalue weighted by molar-refractivity contribution is 6.33. The summed E-state index contributed by atoms with van der Waals surface area (Å²) in [4.78, 5) is 4.08. The first kappa shape index (κ1) is 8.26. The Morgan fingerprint density at radius 3 is 2.69 bits per heavy atom. The van der Waals surface area contributed by atoms with E-state index in [-0.39, 0.29) is 0 Å². The van der Waals surface area contributed by atoms with Gasteiger partial charge in [0.25, 0.3) is 0 Å². The summed E-state index contributed by atoms with van der Waals surface area (Å²) in [6.07, 6.45) is 0. The minimum atomic E-state index is 0.531. The second kappa shape index (κ2) is 3.18. The lowest BCUT2D eigenvalue weighted by Crippen LogP contribution is -1.81. The van der Waals surface area contributed by atoms with Crippen LogP contribution in [-0.4, -0.2) is 10.1 Å². The second-order valence-electron chi connectivity index (χ2n) is 2.62. The maximum Gasteiger partial charge on any atom is 0.223 e. The van der Waals surface area contributed by atoms with Gasteiger partial charge in [-0.1, -0.05) is 28.9 Å². The minimum Gasteiger partial charge on any atom is -0.339 e. The van der Waals surface area contributed by atoms with Gasteiger partial charge in [0.15, 0.2) is 0 Å². The van der Waals surface area contributed by atoms with Crippen molar-refractivity contribution in [3.63, 3.8) is 0 Å². The van der Waals surface area contributed by atoms with Crippen molar-refractivity contribution in [1.82, 2.24) is 10.1 Å². The van der Waals surface area contributed by atoms with E-state index in [0.29, 0.717) is 16.7 Å². The average Bonchev–Trinajstić information content (AvgIpc) is 2.53. The van der Waals surface area contributed by atoms with Gasteiger partial charge in [-0.15, -0.1) is 0 Å². The van der Waals surface area contributed by atoms with Crippen molar-refractivity contribution in [2.24, 2.45) is 0 Å². The normalized spacial score (nSPS) is 10.3. The van der Waals surface area contributed by atoms with Crippen LogP contribution >= 0.6 is 11.6 Å². The van der Waals surface area contributed by atoms with E-state index in [2.05, 4.69) is 10.1 Å². The van der Waals surface area contributed by atoms with Gasteiger partial charge in [-0.25, -0.2) is 0 Å². The van der Waals surface area contributed by atoms with Gasteiger partial charge < -0.3 is 4.52 Å². The minimum absolute atomic E-state index is 0.531. The van der Waals surface area contributed by atoms with E-state index in [0.717, 1.165) is 5.56 Å². The molecule has 0 saturated carbocycles. The Bertz CT molecular complexity index is 425. The van der Waals surface area contributed by atoms with E-state index in [4.69, 9.17) is 16.1 Å². The molecule has 0 aliphatic carbocycles. The zero-order chi connectivity index (χ0) is 9.26.